The molecule has 1 fully saturated rings. The fraction of sp³-hybridized carbons (Fsp3) is 0.364. The highest BCUT2D eigenvalue weighted by Crippen LogP contribution is 2.29. The van der Waals surface area contributed by atoms with E-state index in [9.17, 15) is 4.79 Å². The first-order chi connectivity index (χ1) is 14.2. The first kappa shape index (κ1) is 18.2. The number of rotatable bonds is 4. The number of pyridine rings is 1. The van der Waals surface area contributed by atoms with Gasteiger partial charge < -0.3 is 4.90 Å². The smallest absolute Gasteiger partial charge is 0.264 e. The summed E-state index contributed by atoms with van der Waals surface area (Å²) >= 11 is 1.51. The summed E-state index contributed by atoms with van der Waals surface area (Å²) in [6, 6.07) is 12.5. The van der Waals surface area contributed by atoms with Gasteiger partial charge >= 0.3 is 0 Å². The molecule has 29 heavy (non-hydrogen) atoms. The fourth-order valence-electron chi connectivity index (χ4n) is 4.48. The molecule has 7 heteroatoms. The number of hydrogen-bond acceptors (Lipinski definition) is 5. The number of para-hydroxylation sites is 1. The number of amides is 1. The zero-order valence-electron chi connectivity index (χ0n) is 16.4. The maximum absolute atomic E-state index is 13.4. The van der Waals surface area contributed by atoms with E-state index in [4.69, 9.17) is 0 Å². The van der Waals surface area contributed by atoms with Crippen LogP contribution in [-0.4, -0.2) is 36.9 Å². The van der Waals surface area contributed by atoms with Crippen molar-refractivity contribution in [2.45, 2.75) is 51.6 Å². The maximum atomic E-state index is 13.4. The quantitative estimate of drug-likeness (QED) is 0.497. The van der Waals surface area contributed by atoms with Crippen molar-refractivity contribution in [2.24, 2.45) is 0 Å². The molecular formula is C22H23N5OS. The van der Waals surface area contributed by atoms with E-state index in [1.165, 1.54) is 30.6 Å². The number of nitrogens with zero attached hydrogens (tertiary/aromatic N) is 5. The SMILES string of the molecule is Cc1cccc2cc(CN(C(=O)c3cccs3)C3CCCCC3)c3nnnn3c12. The van der Waals surface area contributed by atoms with E-state index in [1.807, 2.05) is 28.1 Å². The molecule has 0 unspecified atom stereocenters. The molecule has 0 bridgehead atoms. The number of thiophene rings is 1. The van der Waals surface area contributed by atoms with E-state index < -0.39 is 0 Å². The minimum Gasteiger partial charge on any atom is -0.330 e. The molecule has 3 aromatic heterocycles. The lowest BCUT2D eigenvalue weighted by Gasteiger charge is -2.34. The molecule has 148 valence electrons. The summed E-state index contributed by atoms with van der Waals surface area (Å²) in [6.07, 6.45) is 5.73. The van der Waals surface area contributed by atoms with Gasteiger partial charge in [-0.2, -0.15) is 4.52 Å². The van der Waals surface area contributed by atoms with Gasteiger partial charge in [0.1, 0.15) is 0 Å². The summed E-state index contributed by atoms with van der Waals surface area (Å²) in [5.74, 6) is 0.113. The average Bonchev–Trinajstić information content (AvgIpc) is 3.44. The van der Waals surface area contributed by atoms with Crippen LogP contribution in [0, 0.1) is 6.92 Å². The minimum absolute atomic E-state index is 0.113. The summed E-state index contributed by atoms with van der Waals surface area (Å²) < 4.78 is 1.81. The van der Waals surface area contributed by atoms with Gasteiger partial charge in [-0.3, -0.25) is 4.79 Å². The molecule has 0 N–H and O–H groups in total. The number of aryl methyl sites for hydroxylation is 1. The topological polar surface area (TPSA) is 63.4 Å². The Hall–Kier alpha value is -2.80. The van der Waals surface area contributed by atoms with Crippen LogP contribution in [0.1, 0.15) is 52.9 Å². The number of aromatic nitrogens is 4. The third kappa shape index (κ3) is 3.29. The Bertz CT molecular complexity index is 1160. The second kappa shape index (κ2) is 7.55. The van der Waals surface area contributed by atoms with Crippen molar-refractivity contribution < 1.29 is 4.79 Å². The molecule has 1 aromatic carbocycles. The maximum Gasteiger partial charge on any atom is 0.264 e. The standard InChI is InChI=1S/C22H23N5OS/c1-15-7-5-8-16-13-17(21-23-24-25-27(21)20(15)16)14-26(18-9-3-2-4-10-18)22(28)19-11-6-12-29-19/h5-8,11-13,18H,2-4,9-10,14H2,1H3. The molecule has 0 aliphatic heterocycles. The highest BCUT2D eigenvalue weighted by Gasteiger charge is 2.28. The van der Waals surface area contributed by atoms with Gasteiger partial charge in [-0.25, -0.2) is 0 Å². The fourth-order valence-corrected chi connectivity index (χ4v) is 5.16. The van der Waals surface area contributed by atoms with Gasteiger partial charge in [0, 0.05) is 17.0 Å². The van der Waals surface area contributed by atoms with Crippen LogP contribution in [0.2, 0.25) is 0 Å². The first-order valence-corrected chi connectivity index (χ1v) is 11.0. The summed E-state index contributed by atoms with van der Waals surface area (Å²) in [5.41, 5.74) is 3.87. The van der Waals surface area contributed by atoms with Crippen molar-refractivity contribution in [2.75, 3.05) is 0 Å². The summed E-state index contributed by atoms with van der Waals surface area (Å²) in [5, 5.41) is 15.5. The van der Waals surface area contributed by atoms with Gasteiger partial charge in [0.15, 0.2) is 5.65 Å². The van der Waals surface area contributed by atoms with Crippen molar-refractivity contribution in [1.82, 2.24) is 24.9 Å². The molecule has 5 rings (SSSR count). The van der Waals surface area contributed by atoms with E-state index in [2.05, 4.69) is 45.5 Å². The number of tetrazole rings is 1. The lowest BCUT2D eigenvalue weighted by atomic mass is 9.93. The van der Waals surface area contributed by atoms with Gasteiger partial charge in [-0.15, -0.1) is 16.4 Å². The second-order valence-corrected chi connectivity index (χ2v) is 8.75. The molecule has 3 heterocycles. The molecule has 6 nitrogen and oxygen atoms in total. The normalized spacial score (nSPS) is 15.2. The monoisotopic (exact) mass is 405 g/mol. The Morgan fingerprint density at radius 3 is 2.86 bits per heavy atom. The zero-order chi connectivity index (χ0) is 19.8. The van der Waals surface area contributed by atoms with Crippen molar-refractivity contribution >= 4 is 33.8 Å². The van der Waals surface area contributed by atoms with Gasteiger partial charge in [0.25, 0.3) is 5.91 Å². The molecule has 0 saturated heterocycles. The molecule has 0 radical (unpaired) electrons. The first-order valence-electron chi connectivity index (χ1n) is 10.2. The average molecular weight is 406 g/mol. The summed E-state index contributed by atoms with van der Waals surface area (Å²) in [7, 11) is 0. The number of fused-ring (bicyclic) bond motifs is 3. The molecule has 0 spiro atoms. The number of carbonyl (C=O) groups is 1. The van der Waals surface area contributed by atoms with Gasteiger partial charge in [0.2, 0.25) is 0 Å². The molecule has 1 amide bonds. The van der Waals surface area contributed by atoms with Crippen LogP contribution >= 0.6 is 11.3 Å². The molecular weight excluding hydrogens is 382 g/mol. The van der Waals surface area contributed by atoms with E-state index >= 15 is 0 Å². The Morgan fingerprint density at radius 1 is 1.21 bits per heavy atom. The van der Waals surface area contributed by atoms with E-state index in [-0.39, 0.29) is 11.9 Å². The van der Waals surface area contributed by atoms with E-state index in [0.29, 0.717) is 6.54 Å². The Balaban J connectivity index is 1.60. The Kier molecular flexibility index (Phi) is 4.75. The van der Waals surface area contributed by atoms with Crippen molar-refractivity contribution in [3.63, 3.8) is 0 Å². The van der Waals surface area contributed by atoms with Crippen LogP contribution in [0.3, 0.4) is 0 Å². The van der Waals surface area contributed by atoms with E-state index in [1.54, 1.807) is 0 Å². The lowest BCUT2D eigenvalue weighted by Crippen LogP contribution is -2.40. The molecule has 0 atom stereocenters. The molecule has 1 saturated carbocycles. The number of carbonyl (C=O) groups excluding carboxylic acids is 1. The van der Waals surface area contributed by atoms with Crippen LogP contribution in [0.5, 0.6) is 0 Å². The third-order valence-electron chi connectivity index (χ3n) is 5.92. The predicted molar refractivity (Wildman–Crippen MR) is 114 cm³/mol. The van der Waals surface area contributed by atoms with Crippen LogP contribution in [-0.2, 0) is 6.54 Å². The third-order valence-corrected chi connectivity index (χ3v) is 6.77. The van der Waals surface area contributed by atoms with Crippen molar-refractivity contribution in [1.29, 1.82) is 0 Å². The highest BCUT2D eigenvalue weighted by atomic mass is 32.1. The summed E-state index contributed by atoms with van der Waals surface area (Å²) in [4.78, 5) is 16.2. The molecule has 1 aliphatic carbocycles. The highest BCUT2D eigenvalue weighted by molar-refractivity contribution is 7.12. The minimum atomic E-state index is 0.113. The van der Waals surface area contributed by atoms with Gasteiger partial charge in [-0.1, -0.05) is 43.5 Å². The number of benzene rings is 1. The zero-order valence-corrected chi connectivity index (χ0v) is 17.2. The largest absolute Gasteiger partial charge is 0.330 e. The van der Waals surface area contributed by atoms with Crippen molar-refractivity contribution in [3.8, 4) is 0 Å². The van der Waals surface area contributed by atoms with Gasteiger partial charge in [-0.05, 0) is 53.3 Å². The van der Waals surface area contributed by atoms with E-state index in [0.717, 1.165) is 45.4 Å². The predicted octanol–water partition coefficient (Wildman–Crippen LogP) is 4.62. The van der Waals surface area contributed by atoms with Crippen LogP contribution in [0.4, 0.5) is 0 Å². The molecule has 1 aliphatic rings. The van der Waals surface area contributed by atoms with Gasteiger partial charge in [0.05, 0.1) is 16.9 Å². The van der Waals surface area contributed by atoms with Crippen LogP contribution in [0.15, 0.2) is 41.8 Å². The Labute approximate surface area is 173 Å². The summed E-state index contributed by atoms with van der Waals surface area (Å²) in [6.45, 7) is 2.59. The Morgan fingerprint density at radius 2 is 2.07 bits per heavy atom. The van der Waals surface area contributed by atoms with Crippen molar-refractivity contribution in [3.05, 3.63) is 57.8 Å². The lowest BCUT2D eigenvalue weighted by molar-refractivity contribution is 0.0620. The van der Waals surface area contributed by atoms with Crippen LogP contribution < -0.4 is 0 Å². The second-order valence-electron chi connectivity index (χ2n) is 7.80. The number of hydrogen-bond donors (Lipinski definition) is 0. The molecule has 4 aromatic rings. The van der Waals surface area contributed by atoms with Crippen LogP contribution in [0.25, 0.3) is 16.6 Å².